The molecule has 84 valence electrons. The molecule has 0 radical (unpaired) electrons. The van der Waals surface area contributed by atoms with E-state index in [1.165, 1.54) is 6.07 Å². The molecule has 4 nitrogen and oxygen atoms in total. The lowest BCUT2D eigenvalue weighted by atomic mass is 10.1. The highest BCUT2D eigenvalue weighted by Gasteiger charge is 2.22. The van der Waals surface area contributed by atoms with Gasteiger partial charge >= 0.3 is 0 Å². The molecule has 0 aliphatic rings. The maximum Gasteiger partial charge on any atom is 0.256 e. The first kappa shape index (κ1) is 12.1. The van der Waals surface area contributed by atoms with Crippen molar-refractivity contribution < 1.29 is 9.90 Å². The highest BCUT2D eigenvalue weighted by Crippen LogP contribution is 2.21. The van der Waals surface area contributed by atoms with E-state index in [4.69, 9.17) is 5.26 Å². The molecule has 0 saturated carbocycles. The first-order valence-electron chi connectivity index (χ1n) is 4.90. The summed E-state index contributed by atoms with van der Waals surface area (Å²) in [5.74, 6) is -0.499. The minimum Gasteiger partial charge on any atom is -0.507 e. The number of hydrogen-bond acceptors (Lipinski definition) is 3. The third-order valence-corrected chi connectivity index (χ3v) is 2.19. The summed E-state index contributed by atoms with van der Waals surface area (Å²) in [6.07, 6.45) is 0. The quantitative estimate of drug-likeness (QED) is 0.794. The molecule has 4 heteroatoms. The van der Waals surface area contributed by atoms with Gasteiger partial charge in [-0.05, 0) is 32.4 Å². The molecular formula is C12H14N2O2. The number of phenols is 1. The lowest BCUT2D eigenvalue weighted by Gasteiger charge is -2.18. The third-order valence-electron chi connectivity index (χ3n) is 2.19. The van der Waals surface area contributed by atoms with Gasteiger partial charge in [0.05, 0.1) is 11.6 Å². The van der Waals surface area contributed by atoms with Crippen LogP contribution in [0.2, 0.25) is 0 Å². The zero-order valence-electron chi connectivity index (χ0n) is 9.53. The molecule has 1 rings (SSSR count). The maximum absolute atomic E-state index is 11.8. The molecule has 0 atom stereocenters. The van der Waals surface area contributed by atoms with Crippen LogP contribution < -0.4 is 5.32 Å². The average Bonchev–Trinajstić information content (AvgIpc) is 2.21. The Morgan fingerprint density at radius 2 is 2.12 bits per heavy atom. The highest BCUT2D eigenvalue weighted by atomic mass is 16.3. The zero-order chi connectivity index (χ0) is 12.3. The molecule has 0 saturated heterocycles. The second-order valence-electron chi connectivity index (χ2n) is 4.16. The molecule has 2 N–H and O–H groups in total. The molecule has 1 amide bonds. The highest BCUT2D eigenvalue weighted by molar-refractivity contribution is 5.97. The predicted molar refractivity (Wildman–Crippen MR) is 60.0 cm³/mol. The summed E-state index contributed by atoms with van der Waals surface area (Å²) in [4.78, 5) is 11.8. The minimum atomic E-state index is -0.951. The van der Waals surface area contributed by atoms with Crippen LogP contribution in [0, 0.1) is 18.3 Å². The largest absolute Gasteiger partial charge is 0.507 e. The van der Waals surface area contributed by atoms with E-state index in [-0.39, 0.29) is 11.3 Å². The zero-order valence-corrected chi connectivity index (χ0v) is 9.53. The van der Waals surface area contributed by atoms with E-state index in [1.807, 2.05) is 6.07 Å². The normalized spacial score (nSPS) is 10.6. The third kappa shape index (κ3) is 2.51. The number of amides is 1. The fourth-order valence-corrected chi connectivity index (χ4v) is 1.22. The van der Waals surface area contributed by atoms with Gasteiger partial charge in [-0.2, -0.15) is 5.26 Å². The Morgan fingerprint density at radius 3 is 2.69 bits per heavy atom. The van der Waals surface area contributed by atoms with Crippen LogP contribution in [0.3, 0.4) is 0 Å². The molecule has 0 aromatic heterocycles. The number of benzene rings is 1. The SMILES string of the molecule is Cc1cccc(C(=O)NC(C)(C)C#N)c1O. The smallest absolute Gasteiger partial charge is 0.256 e. The van der Waals surface area contributed by atoms with Crippen LogP contribution in [0.4, 0.5) is 0 Å². The monoisotopic (exact) mass is 218 g/mol. The summed E-state index contributed by atoms with van der Waals surface area (Å²) in [6, 6.07) is 6.88. The van der Waals surface area contributed by atoms with Gasteiger partial charge in [0, 0.05) is 0 Å². The number of hydrogen-bond donors (Lipinski definition) is 2. The summed E-state index contributed by atoms with van der Waals surface area (Å²) in [6.45, 7) is 4.90. The lowest BCUT2D eigenvalue weighted by Crippen LogP contribution is -2.42. The molecule has 16 heavy (non-hydrogen) atoms. The van der Waals surface area contributed by atoms with E-state index >= 15 is 0 Å². The molecule has 0 bridgehead atoms. The van der Waals surface area contributed by atoms with Gasteiger partial charge in [0.25, 0.3) is 5.91 Å². The Kier molecular flexibility index (Phi) is 3.19. The van der Waals surface area contributed by atoms with Crippen molar-refractivity contribution in [3.05, 3.63) is 29.3 Å². The molecule has 1 aromatic rings. The molecule has 0 heterocycles. The lowest BCUT2D eigenvalue weighted by molar-refractivity contribution is 0.0926. The van der Waals surface area contributed by atoms with Crippen LogP contribution in [0.5, 0.6) is 5.75 Å². The first-order valence-corrected chi connectivity index (χ1v) is 4.90. The summed E-state index contributed by atoms with van der Waals surface area (Å²) >= 11 is 0. The molecule has 0 spiro atoms. The summed E-state index contributed by atoms with van der Waals surface area (Å²) in [5, 5.41) is 21.0. The van der Waals surface area contributed by atoms with Gasteiger partial charge in [0.1, 0.15) is 11.3 Å². The van der Waals surface area contributed by atoms with Crippen molar-refractivity contribution in [2.24, 2.45) is 0 Å². The number of aryl methyl sites for hydroxylation is 1. The number of rotatable bonds is 2. The van der Waals surface area contributed by atoms with Gasteiger partial charge in [0.15, 0.2) is 0 Å². The second-order valence-corrected chi connectivity index (χ2v) is 4.16. The van der Waals surface area contributed by atoms with Gasteiger partial charge in [-0.3, -0.25) is 4.79 Å². The van der Waals surface area contributed by atoms with E-state index < -0.39 is 11.4 Å². The minimum absolute atomic E-state index is 0.0475. The van der Waals surface area contributed by atoms with Gasteiger partial charge < -0.3 is 10.4 Å². The van der Waals surface area contributed by atoms with Crippen molar-refractivity contribution in [2.45, 2.75) is 26.3 Å². The van der Waals surface area contributed by atoms with Crippen LogP contribution >= 0.6 is 0 Å². The van der Waals surface area contributed by atoms with E-state index in [0.717, 1.165) is 0 Å². The van der Waals surface area contributed by atoms with Gasteiger partial charge in [0.2, 0.25) is 0 Å². The predicted octanol–water partition coefficient (Wildman–Crippen LogP) is 1.73. The van der Waals surface area contributed by atoms with E-state index in [1.54, 1.807) is 32.9 Å². The Hall–Kier alpha value is -2.02. The van der Waals surface area contributed by atoms with Crippen LogP contribution in [-0.4, -0.2) is 16.6 Å². The fraction of sp³-hybridized carbons (Fsp3) is 0.333. The van der Waals surface area contributed by atoms with E-state index in [9.17, 15) is 9.90 Å². The van der Waals surface area contributed by atoms with Crippen LogP contribution in [0.15, 0.2) is 18.2 Å². The van der Waals surface area contributed by atoms with Crippen molar-refractivity contribution in [1.29, 1.82) is 5.26 Å². The number of aromatic hydroxyl groups is 1. The van der Waals surface area contributed by atoms with Gasteiger partial charge in [-0.1, -0.05) is 12.1 Å². The summed E-state index contributed by atoms with van der Waals surface area (Å²) in [7, 11) is 0. The Morgan fingerprint density at radius 1 is 1.50 bits per heavy atom. The van der Waals surface area contributed by atoms with Crippen LogP contribution in [0.1, 0.15) is 29.8 Å². The number of phenolic OH excluding ortho intramolecular Hbond substituents is 1. The van der Waals surface area contributed by atoms with E-state index in [2.05, 4.69) is 5.32 Å². The van der Waals surface area contributed by atoms with Crippen molar-refractivity contribution in [3.8, 4) is 11.8 Å². The average molecular weight is 218 g/mol. The Labute approximate surface area is 94.5 Å². The van der Waals surface area contributed by atoms with Crippen LogP contribution in [0.25, 0.3) is 0 Å². The second kappa shape index (κ2) is 4.23. The Balaban J connectivity index is 2.99. The molecular weight excluding hydrogens is 204 g/mol. The summed E-state index contributed by atoms with van der Waals surface area (Å²) < 4.78 is 0. The molecule has 0 aliphatic heterocycles. The van der Waals surface area contributed by atoms with Gasteiger partial charge in [-0.15, -0.1) is 0 Å². The number of carbonyl (C=O) groups excluding carboxylic acids is 1. The maximum atomic E-state index is 11.8. The van der Waals surface area contributed by atoms with Crippen molar-refractivity contribution in [3.63, 3.8) is 0 Å². The molecule has 0 fully saturated rings. The van der Waals surface area contributed by atoms with Gasteiger partial charge in [-0.25, -0.2) is 0 Å². The molecule has 1 aromatic carbocycles. The van der Waals surface area contributed by atoms with Crippen molar-refractivity contribution in [1.82, 2.24) is 5.32 Å². The summed E-state index contributed by atoms with van der Waals surface area (Å²) in [5.41, 5.74) is -0.140. The number of nitrogens with zero attached hydrogens (tertiary/aromatic N) is 1. The topological polar surface area (TPSA) is 73.1 Å². The number of para-hydroxylation sites is 1. The van der Waals surface area contributed by atoms with Crippen molar-refractivity contribution in [2.75, 3.05) is 0 Å². The number of nitriles is 1. The van der Waals surface area contributed by atoms with Crippen molar-refractivity contribution >= 4 is 5.91 Å². The standard InChI is InChI=1S/C12H14N2O2/c1-8-5-4-6-9(10(8)15)11(16)14-12(2,3)7-13/h4-6,15H,1-3H3,(H,14,16). The number of nitrogens with one attached hydrogen (secondary N) is 1. The fourth-order valence-electron chi connectivity index (χ4n) is 1.22. The first-order chi connectivity index (χ1) is 7.37. The van der Waals surface area contributed by atoms with Crippen LogP contribution in [-0.2, 0) is 0 Å². The Bertz CT molecular complexity index is 459. The van der Waals surface area contributed by atoms with E-state index in [0.29, 0.717) is 5.56 Å². The molecule has 0 unspecified atom stereocenters. The molecule has 0 aliphatic carbocycles. The number of carbonyl (C=O) groups is 1.